The van der Waals surface area contributed by atoms with Crippen molar-refractivity contribution in [1.29, 1.82) is 0 Å². The second kappa shape index (κ2) is 8.55. The lowest BCUT2D eigenvalue weighted by Gasteiger charge is -2.20. The number of phenols is 1. The topological polar surface area (TPSA) is 78.0 Å². The van der Waals surface area contributed by atoms with E-state index < -0.39 is 17.7 Å². The summed E-state index contributed by atoms with van der Waals surface area (Å²) in [7, 11) is 0. The average Bonchev–Trinajstić information content (AvgIpc) is 3.09. The molecule has 0 saturated carbocycles. The number of hydrogen-bond donors (Lipinski definition) is 3. The zero-order valence-corrected chi connectivity index (χ0v) is 16.8. The lowest BCUT2D eigenvalue weighted by molar-refractivity contribution is -0.121. The molecular weight excluding hydrogens is 400 g/mol. The number of halogens is 2. The van der Waals surface area contributed by atoms with Gasteiger partial charge in [-0.1, -0.05) is 6.07 Å². The molecule has 0 saturated heterocycles. The Bertz CT molecular complexity index is 1230. The molecule has 158 valence electrons. The van der Waals surface area contributed by atoms with Crippen LogP contribution in [0.2, 0.25) is 0 Å². The molecule has 0 bridgehead atoms. The van der Waals surface area contributed by atoms with Crippen molar-refractivity contribution in [3.63, 3.8) is 0 Å². The van der Waals surface area contributed by atoms with Gasteiger partial charge in [-0.25, -0.2) is 8.78 Å². The summed E-state index contributed by atoms with van der Waals surface area (Å²) < 4.78 is 27.4. The van der Waals surface area contributed by atoms with Gasteiger partial charge in [-0.15, -0.1) is 0 Å². The van der Waals surface area contributed by atoms with E-state index in [4.69, 9.17) is 0 Å². The largest absolute Gasteiger partial charge is 0.508 e. The Balaban J connectivity index is 1.59. The SMILES string of the molecule is Cc1cccnc1C(Cc1cc(F)cc(F)c1)NC(=O)Cc1c[nH]c2ccc(O)cc12. The summed E-state index contributed by atoms with van der Waals surface area (Å²) in [5.74, 6) is -1.49. The maximum Gasteiger partial charge on any atom is 0.225 e. The minimum absolute atomic E-state index is 0.0728. The number of hydrogen-bond acceptors (Lipinski definition) is 3. The van der Waals surface area contributed by atoms with E-state index in [9.17, 15) is 18.7 Å². The van der Waals surface area contributed by atoms with Crippen LogP contribution in [0.5, 0.6) is 5.75 Å². The normalized spacial score (nSPS) is 12.1. The molecule has 4 rings (SSSR count). The van der Waals surface area contributed by atoms with Crippen LogP contribution in [-0.4, -0.2) is 21.0 Å². The first-order valence-corrected chi connectivity index (χ1v) is 9.84. The van der Waals surface area contributed by atoms with E-state index in [0.717, 1.165) is 28.1 Å². The molecule has 1 unspecified atom stereocenters. The molecule has 31 heavy (non-hydrogen) atoms. The second-order valence-electron chi connectivity index (χ2n) is 7.53. The van der Waals surface area contributed by atoms with E-state index in [-0.39, 0.29) is 24.5 Å². The zero-order valence-electron chi connectivity index (χ0n) is 16.8. The Morgan fingerprint density at radius 2 is 1.94 bits per heavy atom. The Kier molecular flexibility index (Phi) is 5.66. The van der Waals surface area contributed by atoms with Gasteiger partial charge in [0, 0.05) is 29.4 Å². The summed E-state index contributed by atoms with van der Waals surface area (Å²) in [6.07, 6.45) is 3.61. The van der Waals surface area contributed by atoms with Crippen LogP contribution in [0.1, 0.15) is 28.4 Å². The van der Waals surface area contributed by atoms with Crippen molar-refractivity contribution in [1.82, 2.24) is 15.3 Å². The quantitative estimate of drug-likeness (QED) is 0.429. The number of aryl methyl sites for hydroxylation is 1. The minimum atomic E-state index is -0.670. The molecule has 0 aliphatic heterocycles. The number of phenolic OH excluding ortho intramolecular Hbond substituents is 1. The Morgan fingerprint density at radius 1 is 1.16 bits per heavy atom. The summed E-state index contributed by atoms with van der Waals surface area (Å²) in [5.41, 5.74) is 3.47. The molecule has 0 radical (unpaired) electrons. The summed E-state index contributed by atoms with van der Waals surface area (Å²) in [5, 5.41) is 13.5. The van der Waals surface area contributed by atoms with Crippen molar-refractivity contribution in [2.24, 2.45) is 0 Å². The second-order valence-corrected chi connectivity index (χ2v) is 7.53. The highest BCUT2D eigenvalue weighted by molar-refractivity contribution is 5.89. The molecule has 0 spiro atoms. The number of amides is 1. The number of nitrogens with zero attached hydrogens (tertiary/aromatic N) is 1. The van der Waals surface area contributed by atoms with Gasteiger partial charge in [0.1, 0.15) is 17.4 Å². The van der Waals surface area contributed by atoms with Crippen LogP contribution in [0.4, 0.5) is 8.78 Å². The number of aromatic amines is 1. The fraction of sp³-hybridized carbons (Fsp3) is 0.167. The lowest BCUT2D eigenvalue weighted by Crippen LogP contribution is -2.32. The van der Waals surface area contributed by atoms with Crippen LogP contribution in [0, 0.1) is 18.6 Å². The zero-order chi connectivity index (χ0) is 22.0. The predicted octanol–water partition coefficient (Wildman–Crippen LogP) is 4.50. The van der Waals surface area contributed by atoms with Gasteiger partial charge in [0.25, 0.3) is 0 Å². The predicted molar refractivity (Wildman–Crippen MR) is 114 cm³/mol. The Morgan fingerprint density at radius 3 is 2.68 bits per heavy atom. The number of aromatic hydroxyl groups is 1. The number of aromatic nitrogens is 2. The van der Waals surface area contributed by atoms with E-state index in [1.807, 2.05) is 13.0 Å². The van der Waals surface area contributed by atoms with Crippen LogP contribution in [0.15, 0.2) is 60.9 Å². The van der Waals surface area contributed by atoms with E-state index >= 15 is 0 Å². The van der Waals surface area contributed by atoms with Gasteiger partial charge in [-0.3, -0.25) is 9.78 Å². The third-order valence-electron chi connectivity index (χ3n) is 5.18. The molecule has 5 nitrogen and oxygen atoms in total. The molecule has 1 atom stereocenters. The monoisotopic (exact) mass is 421 g/mol. The molecule has 2 heterocycles. The number of carbonyl (C=O) groups excluding carboxylic acids is 1. The molecule has 1 amide bonds. The highest BCUT2D eigenvalue weighted by Gasteiger charge is 2.20. The first-order chi connectivity index (χ1) is 14.9. The molecule has 0 fully saturated rings. The van der Waals surface area contributed by atoms with Crippen molar-refractivity contribution in [3.05, 3.63) is 94.9 Å². The first kappa shape index (κ1) is 20.5. The number of nitrogens with one attached hydrogen (secondary N) is 2. The minimum Gasteiger partial charge on any atom is -0.508 e. The van der Waals surface area contributed by atoms with Crippen LogP contribution in [0.3, 0.4) is 0 Å². The molecule has 4 aromatic rings. The maximum absolute atomic E-state index is 13.7. The van der Waals surface area contributed by atoms with Gasteiger partial charge in [-0.05, 0) is 66.4 Å². The maximum atomic E-state index is 13.7. The highest BCUT2D eigenvalue weighted by Crippen LogP contribution is 2.25. The van der Waals surface area contributed by atoms with E-state index in [1.165, 1.54) is 12.1 Å². The van der Waals surface area contributed by atoms with Gasteiger partial charge >= 0.3 is 0 Å². The van der Waals surface area contributed by atoms with Gasteiger partial charge in [0.15, 0.2) is 0 Å². The standard InChI is InChI=1S/C24H21F2N3O2/c1-14-3-2-6-27-24(14)22(9-15-7-17(25)11-18(26)8-15)29-23(31)10-16-13-28-21-5-4-19(30)12-20(16)21/h2-8,11-13,22,28,30H,9-10H2,1H3,(H,29,31). The van der Waals surface area contributed by atoms with E-state index in [2.05, 4.69) is 15.3 Å². The summed E-state index contributed by atoms with van der Waals surface area (Å²) in [6, 6.07) is 11.3. The van der Waals surface area contributed by atoms with Gasteiger partial charge in [-0.2, -0.15) is 0 Å². The molecule has 0 aliphatic carbocycles. The van der Waals surface area contributed by atoms with Crippen molar-refractivity contribution in [3.8, 4) is 5.75 Å². The average molecular weight is 421 g/mol. The van der Waals surface area contributed by atoms with E-state index in [0.29, 0.717) is 11.3 Å². The smallest absolute Gasteiger partial charge is 0.225 e. The molecule has 2 aromatic carbocycles. The fourth-order valence-electron chi connectivity index (χ4n) is 3.77. The lowest BCUT2D eigenvalue weighted by atomic mass is 9.99. The molecule has 0 aliphatic rings. The number of benzene rings is 2. The number of H-pyrrole nitrogens is 1. The number of carbonyl (C=O) groups is 1. The van der Waals surface area contributed by atoms with Gasteiger partial charge in [0.2, 0.25) is 5.91 Å². The molecule has 3 N–H and O–H groups in total. The van der Waals surface area contributed by atoms with Gasteiger partial charge in [0.05, 0.1) is 18.2 Å². The third-order valence-corrected chi connectivity index (χ3v) is 5.18. The Hall–Kier alpha value is -3.74. The van der Waals surface area contributed by atoms with Crippen molar-refractivity contribution in [2.75, 3.05) is 0 Å². The summed E-state index contributed by atoms with van der Waals surface area (Å²) >= 11 is 0. The van der Waals surface area contributed by atoms with Gasteiger partial charge < -0.3 is 15.4 Å². The first-order valence-electron chi connectivity index (χ1n) is 9.84. The van der Waals surface area contributed by atoms with Crippen LogP contribution in [-0.2, 0) is 17.6 Å². The van der Waals surface area contributed by atoms with Crippen LogP contribution >= 0.6 is 0 Å². The molecule has 7 heteroatoms. The molecule has 2 aromatic heterocycles. The summed E-state index contributed by atoms with van der Waals surface area (Å²) in [4.78, 5) is 20.4. The summed E-state index contributed by atoms with van der Waals surface area (Å²) in [6.45, 7) is 1.87. The number of fused-ring (bicyclic) bond motifs is 1. The van der Waals surface area contributed by atoms with Crippen LogP contribution < -0.4 is 5.32 Å². The number of rotatable bonds is 6. The molecular formula is C24H21F2N3O2. The third kappa shape index (κ3) is 4.71. The Labute approximate surface area is 177 Å². The van der Waals surface area contributed by atoms with E-state index in [1.54, 1.807) is 36.7 Å². The van der Waals surface area contributed by atoms with Crippen molar-refractivity contribution < 1.29 is 18.7 Å². The number of pyridine rings is 1. The van der Waals surface area contributed by atoms with Crippen molar-refractivity contribution >= 4 is 16.8 Å². The fourth-order valence-corrected chi connectivity index (χ4v) is 3.77. The van der Waals surface area contributed by atoms with Crippen LogP contribution in [0.25, 0.3) is 10.9 Å². The van der Waals surface area contributed by atoms with Crippen molar-refractivity contribution in [2.45, 2.75) is 25.8 Å². The highest BCUT2D eigenvalue weighted by atomic mass is 19.1.